The number of aryl methyl sites for hydroxylation is 1. The topological polar surface area (TPSA) is 81.3 Å². The van der Waals surface area contributed by atoms with Crippen molar-refractivity contribution >= 4 is 50.7 Å². The summed E-state index contributed by atoms with van der Waals surface area (Å²) < 4.78 is 4.22. The van der Waals surface area contributed by atoms with Gasteiger partial charge in [0.25, 0.3) is 5.56 Å². The van der Waals surface area contributed by atoms with Crippen LogP contribution in [-0.2, 0) is 11.3 Å². The summed E-state index contributed by atoms with van der Waals surface area (Å²) in [6.45, 7) is 6.63. The number of thiophene rings is 1. The average molecular weight is 428 g/mol. The van der Waals surface area contributed by atoms with Crippen molar-refractivity contribution in [2.24, 2.45) is 5.92 Å². The van der Waals surface area contributed by atoms with Crippen LogP contribution in [-0.4, -0.2) is 30.8 Å². The maximum absolute atomic E-state index is 12.9. The molecule has 4 rings (SSSR count). The van der Waals surface area contributed by atoms with Gasteiger partial charge >= 0.3 is 0 Å². The number of nitrogens with one attached hydrogen (secondary N) is 1. The van der Waals surface area contributed by atoms with Crippen molar-refractivity contribution < 1.29 is 4.79 Å². The highest BCUT2D eigenvalue weighted by atomic mass is 32.2. The molecule has 1 amide bonds. The Morgan fingerprint density at radius 1 is 1.24 bits per heavy atom. The fourth-order valence-corrected chi connectivity index (χ4v) is 4.72. The second kappa shape index (κ2) is 8.00. The molecule has 29 heavy (non-hydrogen) atoms. The van der Waals surface area contributed by atoms with E-state index in [1.54, 1.807) is 4.57 Å². The zero-order valence-electron chi connectivity index (χ0n) is 16.4. The van der Waals surface area contributed by atoms with Crippen molar-refractivity contribution in [2.45, 2.75) is 32.5 Å². The van der Waals surface area contributed by atoms with Gasteiger partial charge in [-0.05, 0) is 35.9 Å². The van der Waals surface area contributed by atoms with Crippen LogP contribution >= 0.6 is 23.1 Å². The third-order valence-corrected chi connectivity index (χ3v) is 6.30. The highest BCUT2D eigenvalue weighted by molar-refractivity contribution is 7.99. The Kier molecular flexibility index (Phi) is 5.42. The Bertz CT molecular complexity index is 1250. The largest absolute Gasteiger partial charge is 0.325 e. The third-order valence-electron chi connectivity index (χ3n) is 4.48. The number of anilines is 1. The van der Waals surface area contributed by atoms with Crippen molar-refractivity contribution in [3.05, 3.63) is 51.6 Å². The van der Waals surface area contributed by atoms with E-state index in [1.165, 1.54) is 23.1 Å². The Hall–Kier alpha value is -2.65. The molecule has 3 aromatic heterocycles. The molecule has 150 valence electrons. The summed E-state index contributed by atoms with van der Waals surface area (Å²) in [7, 11) is 0. The number of amides is 1. The molecule has 1 aromatic carbocycles. The predicted molar refractivity (Wildman–Crippen MR) is 118 cm³/mol. The van der Waals surface area contributed by atoms with Crippen molar-refractivity contribution in [3.8, 4) is 0 Å². The first-order chi connectivity index (χ1) is 14.0. The normalized spacial score (nSPS) is 11.6. The van der Waals surface area contributed by atoms with E-state index in [0.717, 1.165) is 16.8 Å². The fourth-order valence-electron chi connectivity index (χ4n) is 3.15. The molecule has 0 aliphatic carbocycles. The summed E-state index contributed by atoms with van der Waals surface area (Å²) in [5.74, 6) is 0.889. The molecule has 0 fully saturated rings. The third kappa shape index (κ3) is 3.79. The van der Waals surface area contributed by atoms with Crippen LogP contribution in [0.15, 0.2) is 45.7 Å². The van der Waals surface area contributed by atoms with E-state index in [0.29, 0.717) is 28.1 Å². The standard InChI is InChI=1S/C20H21N5O2S2/c1-12(2)10-24-18(27)17-15(8-9-28-17)25-19(24)22-23-20(25)29-11-16(26)21-14-7-5-4-6-13(14)3/h4-9,12H,10-11H2,1-3H3,(H,21,26). The minimum absolute atomic E-state index is 0.0440. The molecule has 0 unspecified atom stereocenters. The van der Waals surface area contributed by atoms with Gasteiger partial charge in [-0.1, -0.05) is 43.8 Å². The highest BCUT2D eigenvalue weighted by Crippen LogP contribution is 2.25. The van der Waals surface area contributed by atoms with Gasteiger partial charge in [-0.25, -0.2) is 0 Å². The van der Waals surface area contributed by atoms with Crippen LogP contribution in [0.3, 0.4) is 0 Å². The van der Waals surface area contributed by atoms with Crippen LogP contribution in [0.4, 0.5) is 5.69 Å². The number of para-hydroxylation sites is 1. The molecule has 0 saturated carbocycles. The van der Waals surface area contributed by atoms with Gasteiger partial charge in [0.15, 0.2) is 5.16 Å². The van der Waals surface area contributed by atoms with E-state index in [9.17, 15) is 9.59 Å². The Labute approximate surface area is 175 Å². The number of nitrogens with zero attached hydrogens (tertiary/aromatic N) is 4. The molecule has 0 spiro atoms. The van der Waals surface area contributed by atoms with Crippen LogP contribution < -0.4 is 10.9 Å². The number of aromatic nitrogens is 4. The van der Waals surface area contributed by atoms with E-state index in [1.807, 2.05) is 47.0 Å². The molecule has 0 bridgehead atoms. The number of rotatable bonds is 6. The lowest BCUT2D eigenvalue weighted by molar-refractivity contribution is -0.113. The van der Waals surface area contributed by atoms with Gasteiger partial charge in [0.05, 0.1) is 11.3 Å². The first-order valence-electron chi connectivity index (χ1n) is 9.29. The molecule has 3 heterocycles. The highest BCUT2D eigenvalue weighted by Gasteiger charge is 2.19. The summed E-state index contributed by atoms with van der Waals surface area (Å²) in [6, 6.07) is 9.56. The Morgan fingerprint density at radius 3 is 2.79 bits per heavy atom. The molecule has 9 heteroatoms. The van der Waals surface area contributed by atoms with Gasteiger partial charge in [0.2, 0.25) is 11.7 Å². The molecule has 4 aromatic rings. The van der Waals surface area contributed by atoms with Gasteiger partial charge in [0, 0.05) is 12.2 Å². The van der Waals surface area contributed by atoms with Crippen molar-refractivity contribution in [1.29, 1.82) is 0 Å². The summed E-state index contributed by atoms with van der Waals surface area (Å²) >= 11 is 2.72. The SMILES string of the molecule is Cc1ccccc1NC(=O)CSc1nnc2n(CC(C)C)c(=O)c3sccc3n12. The zero-order valence-corrected chi connectivity index (χ0v) is 18.0. The zero-order chi connectivity index (χ0) is 20.5. The van der Waals surface area contributed by atoms with Crippen LogP contribution in [0.5, 0.6) is 0 Å². The molecule has 0 radical (unpaired) electrons. The van der Waals surface area contributed by atoms with Crippen LogP contribution in [0, 0.1) is 12.8 Å². The van der Waals surface area contributed by atoms with Gasteiger partial charge < -0.3 is 5.32 Å². The maximum Gasteiger partial charge on any atom is 0.272 e. The molecular formula is C20H21N5O2S2. The number of hydrogen-bond acceptors (Lipinski definition) is 6. The molecular weight excluding hydrogens is 406 g/mol. The van der Waals surface area contributed by atoms with Crippen molar-refractivity contribution in [2.75, 3.05) is 11.1 Å². The molecule has 7 nitrogen and oxygen atoms in total. The predicted octanol–water partition coefficient (Wildman–Crippen LogP) is 3.80. The molecule has 0 atom stereocenters. The molecule has 0 saturated heterocycles. The Morgan fingerprint density at radius 2 is 2.03 bits per heavy atom. The van der Waals surface area contributed by atoms with E-state index >= 15 is 0 Å². The quantitative estimate of drug-likeness (QED) is 0.473. The monoisotopic (exact) mass is 427 g/mol. The van der Waals surface area contributed by atoms with E-state index in [4.69, 9.17) is 0 Å². The molecule has 0 aliphatic heterocycles. The van der Waals surface area contributed by atoms with Crippen LogP contribution in [0.2, 0.25) is 0 Å². The lowest BCUT2D eigenvalue weighted by Gasteiger charge is -2.11. The minimum atomic E-state index is -0.113. The van der Waals surface area contributed by atoms with E-state index in [2.05, 4.69) is 29.4 Å². The number of carbonyl (C=O) groups excluding carboxylic acids is 1. The smallest absolute Gasteiger partial charge is 0.272 e. The van der Waals surface area contributed by atoms with Crippen molar-refractivity contribution in [3.63, 3.8) is 0 Å². The number of carbonyl (C=O) groups is 1. The number of hydrogen-bond donors (Lipinski definition) is 1. The van der Waals surface area contributed by atoms with Gasteiger partial charge in [-0.15, -0.1) is 21.5 Å². The summed E-state index contributed by atoms with van der Waals surface area (Å²) in [5.41, 5.74) is 2.55. The minimum Gasteiger partial charge on any atom is -0.325 e. The fraction of sp³-hybridized carbons (Fsp3) is 0.300. The summed E-state index contributed by atoms with van der Waals surface area (Å²) in [4.78, 5) is 25.3. The Balaban J connectivity index is 1.65. The van der Waals surface area contributed by atoms with Crippen LogP contribution in [0.1, 0.15) is 19.4 Å². The maximum atomic E-state index is 12.9. The van der Waals surface area contributed by atoms with E-state index in [-0.39, 0.29) is 17.2 Å². The lowest BCUT2D eigenvalue weighted by atomic mass is 10.2. The number of thioether (sulfide) groups is 1. The van der Waals surface area contributed by atoms with E-state index < -0.39 is 0 Å². The first kappa shape index (κ1) is 19.7. The number of benzene rings is 1. The van der Waals surface area contributed by atoms with Gasteiger partial charge in [-0.3, -0.25) is 18.6 Å². The van der Waals surface area contributed by atoms with Crippen molar-refractivity contribution in [1.82, 2.24) is 19.2 Å². The second-order valence-electron chi connectivity index (χ2n) is 7.21. The summed E-state index contributed by atoms with van der Waals surface area (Å²) in [6.07, 6.45) is 0. The van der Waals surface area contributed by atoms with Gasteiger partial charge in [0.1, 0.15) is 4.70 Å². The average Bonchev–Trinajstić information content (AvgIpc) is 3.32. The lowest BCUT2D eigenvalue weighted by Crippen LogP contribution is -2.24. The van der Waals surface area contributed by atoms with Gasteiger partial charge in [-0.2, -0.15) is 0 Å². The second-order valence-corrected chi connectivity index (χ2v) is 9.07. The number of fused-ring (bicyclic) bond motifs is 3. The first-order valence-corrected chi connectivity index (χ1v) is 11.2. The molecule has 1 N–H and O–H groups in total. The molecule has 0 aliphatic rings. The summed E-state index contributed by atoms with van der Waals surface area (Å²) in [5, 5.41) is 14.0. The van der Waals surface area contributed by atoms with Crippen LogP contribution in [0.25, 0.3) is 16.0 Å².